The van der Waals surface area contributed by atoms with Crippen LogP contribution in [0.1, 0.15) is 39.5 Å². The molecule has 0 bridgehead atoms. The Bertz CT molecular complexity index is 317. The third-order valence-electron chi connectivity index (χ3n) is 4.04. The molecule has 0 aromatic heterocycles. The van der Waals surface area contributed by atoms with Gasteiger partial charge in [0.2, 0.25) is 0 Å². The molecule has 2 aliphatic rings. The van der Waals surface area contributed by atoms with Gasteiger partial charge in [-0.2, -0.15) is 5.26 Å². The summed E-state index contributed by atoms with van der Waals surface area (Å²) in [6.07, 6.45) is 4.46. The highest BCUT2D eigenvalue weighted by atomic mass is 16.5. The molecule has 1 aliphatic heterocycles. The van der Waals surface area contributed by atoms with E-state index < -0.39 is 5.54 Å². The maximum atomic E-state index is 9.56. The average Bonchev–Trinajstić information content (AvgIpc) is 3.23. The topological polar surface area (TPSA) is 54.3 Å². The summed E-state index contributed by atoms with van der Waals surface area (Å²) in [5, 5.41) is 13.0. The fourth-order valence-electron chi connectivity index (χ4n) is 2.82. The Kier molecular flexibility index (Phi) is 5.20. The zero-order valence-corrected chi connectivity index (χ0v) is 12.2. The monoisotopic (exact) mass is 266 g/mol. The molecule has 2 rings (SSSR count). The summed E-state index contributed by atoms with van der Waals surface area (Å²) in [6, 6.07) is 2.80. The Morgan fingerprint density at radius 3 is 2.53 bits per heavy atom. The van der Waals surface area contributed by atoms with Crippen LogP contribution >= 0.6 is 0 Å². The molecule has 0 aromatic rings. The summed E-state index contributed by atoms with van der Waals surface area (Å²) in [5.41, 5.74) is -0.473. The Balaban J connectivity index is 1.80. The molecule has 1 unspecified atom stereocenters. The molecule has 4 nitrogen and oxygen atoms in total. The highest BCUT2D eigenvalue weighted by Crippen LogP contribution is 2.40. The van der Waals surface area contributed by atoms with E-state index in [1.54, 1.807) is 0 Å². The van der Waals surface area contributed by atoms with Crippen molar-refractivity contribution in [3.05, 3.63) is 0 Å². The van der Waals surface area contributed by atoms with Gasteiger partial charge in [0.05, 0.1) is 12.7 Å². The average molecular weight is 266 g/mol. The normalized spacial score (nSPS) is 24.1. The van der Waals surface area contributed by atoms with E-state index in [4.69, 9.17) is 9.47 Å². The van der Waals surface area contributed by atoms with Crippen LogP contribution in [-0.2, 0) is 9.47 Å². The maximum Gasteiger partial charge on any atom is 0.133 e. The molecule has 1 aliphatic carbocycles. The second kappa shape index (κ2) is 6.69. The van der Waals surface area contributed by atoms with Crippen LogP contribution in [0, 0.1) is 23.2 Å². The molecule has 4 heteroatoms. The fourth-order valence-corrected chi connectivity index (χ4v) is 2.82. The third kappa shape index (κ3) is 4.17. The second-order valence-corrected chi connectivity index (χ2v) is 6.23. The van der Waals surface area contributed by atoms with Crippen molar-refractivity contribution in [3.8, 4) is 6.07 Å². The van der Waals surface area contributed by atoms with Gasteiger partial charge >= 0.3 is 0 Å². The van der Waals surface area contributed by atoms with Crippen molar-refractivity contribution in [2.75, 3.05) is 26.4 Å². The summed E-state index contributed by atoms with van der Waals surface area (Å²) in [4.78, 5) is 0. The molecule has 0 amide bonds. The summed E-state index contributed by atoms with van der Waals surface area (Å²) >= 11 is 0. The van der Waals surface area contributed by atoms with Crippen LogP contribution in [0.4, 0.5) is 0 Å². The smallest absolute Gasteiger partial charge is 0.133 e. The van der Waals surface area contributed by atoms with Crippen molar-refractivity contribution >= 4 is 0 Å². The van der Waals surface area contributed by atoms with Crippen molar-refractivity contribution in [2.45, 2.75) is 51.1 Å². The van der Waals surface area contributed by atoms with Gasteiger partial charge in [0, 0.05) is 25.9 Å². The highest BCUT2D eigenvalue weighted by molar-refractivity contribution is 5.16. The van der Waals surface area contributed by atoms with Crippen molar-refractivity contribution < 1.29 is 9.47 Å². The zero-order chi connectivity index (χ0) is 13.7. The van der Waals surface area contributed by atoms with Crippen molar-refractivity contribution in [3.63, 3.8) is 0 Å². The molecule has 1 atom stereocenters. The van der Waals surface area contributed by atoms with Gasteiger partial charge in [0.15, 0.2) is 0 Å². The molecule has 108 valence electrons. The predicted molar refractivity (Wildman–Crippen MR) is 73.7 cm³/mol. The predicted octanol–water partition coefficient (Wildman–Crippen LogP) is 2.10. The van der Waals surface area contributed by atoms with Gasteiger partial charge in [-0.1, -0.05) is 0 Å². The van der Waals surface area contributed by atoms with E-state index in [0.29, 0.717) is 24.5 Å². The van der Waals surface area contributed by atoms with E-state index in [0.717, 1.165) is 45.5 Å². The van der Waals surface area contributed by atoms with E-state index >= 15 is 0 Å². The highest BCUT2D eigenvalue weighted by Gasteiger charge is 2.46. The fraction of sp³-hybridized carbons (Fsp3) is 0.933. The standard InChI is InChI=1S/C15H26N2O2/c1-12(2)17-15(10-16,14-3-4-14)11-19-9-13-5-7-18-8-6-13/h12-14,17H,3-9,11H2,1-2H3. The van der Waals surface area contributed by atoms with Crippen LogP contribution in [0.3, 0.4) is 0 Å². The van der Waals surface area contributed by atoms with E-state index in [1.165, 1.54) is 0 Å². The minimum atomic E-state index is -0.473. The molecular formula is C15H26N2O2. The van der Waals surface area contributed by atoms with E-state index in [9.17, 15) is 5.26 Å². The molecule has 0 aromatic carbocycles. The van der Waals surface area contributed by atoms with E-state index in [-0.39, 0.29) is 0 Å². The number of nitrogens with one attached hydrogen (secondary N) is 1. The zero-order valence-electron chi connectivity index (χ0n) is 12.2. The lowest BCUT2D eigenvalue weighted by molar-refractivity contribution is 0.00528. The molecule has 1 N–H and O–H groups in total. The lowest BCUT2D eigenvalue weighted by Crippen LogP contribution is -2.53. The Morgan fingerprint density at radius 1 is 1.32 bits per heavy atom. The minimum absolute atomic E-state index is 0.312. The summed E-state index contributed by atoms with van der Waals surface area (Å²) < 4.78 is 11.2. The number of rotatable bonds is 7. The summed E-state index contributed by atoms with van der Waals surface area (Å²) in [7, 11) is 0. The molecule has 2 fully saturated rings. The van der Waals surface area contributed by atoms with Crippen LogP contribution in [0.5, 0.6) is 0 Å². The molecule has 1 heterocycles. The Morgan fingerprint density at radius 2 is 2.00 bits per heavy atom. The minimum Gasteiger partial charge on any atom is -0.381 e. The number of ether oxygens (including phenoxy) is 2. The summed E-state index contributed by atoms with van der Waals surface area (Å²) in [5.74, 6) is 1.07. The first-order chi connectivity index (χ1) is 9.16. The number of nitriles is 1. The first-order valence-corrected chi connectivity index (χ1v) is 7.51. The molecular weight excluding hydrogens is 240 g/mol. The number of hydrogen-bond acceptors (Lipinski definition) is 4. The van der Waals surface area contributed by atoms with Gasteiger partial charge in [0.1, 0.15) is 5.54 Å². The van der Waals surface area contributed by atoms with Gasteiger partial charge < -0.3 is 9.47 Å². The molecule has 0 spiro atoms. The Labute approximate surface area is 116 Å². The maximum absolute atomic E-state index is 9.56. The first-order valence-electron chi connectivity index (χ1n) is 7.51. The number of nitrogens with zero attached hydrogens (tertiary/aromatic N) is 1. The largest absolute Gasteiger partial charge is 0.381 e. The van der Waals surface area contributed by atoms with Crippen molar-refractivity contribution in [2.24, 2.45) is 11.8 Å². The first kappa shape index (κ1) is 14.8. The van der Waals surface area contributed by atoms with Gasteiger partial charge in [-0.15, -0.1) is 0 Å². The van der Waals surface area contributed by atoms with Gasteiger partial charge in [-0.25, -0.2) is 0 Å². The van der Waals surface area contributed by atoms with E-state index in [2.05, 4.69) is 25.2 Å². The molecule has 1 saturated carbocycles. The lowest BCUT2D eigenvalue weighted by Gasteiger charge is -2.31. The summed E-state index contributed by atoms with van der Waals surface area (Å²) in [6.45, 7) is 7.16. The van der Waals surface area contributed by atoms with Crippen LogP contribution < -0.4 is 5.32 Å². The molecule has 19 heavy (non-hydrogen) atoms. The van der Waals surface area contributed by atoms with Crippen LogP contribution in [-0.4, -0.2) is 38.0 Å². The van der Waals surface area contributed by atoms with Gasteiger partial charge in [0.25, 0.3) is 0 Å². The van der Waals surface area contributed by atoms with Crippen LogP contribution in [0.15, 0.2) is 0 Å². The molecule has 0 radical (unpaired) electrons. The second-order valence-electron chi connectivity index (χ2n) is 6.23. The Hall–Kier alpha value is -0.630. The van der Waals surface area contributed by atoms with Crippen LogP contribution in [0.25, 0.3) is 0 Å². The number of hydrogen-bond donors (Lipinski definition) is 1. The van der Waals surface area contributed by atoms with E-state index in [1.807, 2.05) is 0 Å². The van der Waals surface area contributed by atoms with Crippen LogP contribution in [0.2, 0.25) is 0 Å². The molecule has 1 saturated heterocycles. The van der Waals surface area contributed by atoms with Gasteiger partial charge in [-0.3, -0.25) is 5.32 Å². The third-order valence-corrected chi connectivity index (χ3v) is 4.04. The quantitative estimate of drug-likeness (QED) is 0.766. The van der Waals surface area contributed by atoms with Gasteiger partial charge in [-0.05, 0) is 51.4 Å². The SMILES string of the molecule is CC(C)NC(C#N)(COCC1CCOCC1)C1CC1. The van der Waals surface area contributed by atoms with Crippen molar-refractivity contribution in [1.82, 2.24) is 5.32 Å². The van der Waals surface area contributed by atoms with Crippen molar-refractivity contribution in [1.29, 1.82) is 5.26 Å². The lowest BCUT2D eigenvalue weighted by atomic mass is 9.94.